The van der Waals surface area contributed by atoms with Crippen LogP contribution in [0.3, 0.4) is 0 Å². The third kappa shape index (κ3) is 6.43. The molecule has 0 atom stereocenters. The molecule has 1 aromatic heterocycles. The number of carbonyl (C=O) groups is 3. The van der Waals surface area contributed by atoms with E-state index in [2.05, 4.69) is 20.8 Å². The molecule has 0 bridgehead atoms. The van der Waals surface area contributed by atoms with Crippen molar-refractivity contribution in [3.05, 3.63) is 68.6 Å². The van der Waals surface area contributed by atoms with Gasteiger partial charge in [-0.2, -0.15) is 0 Å². The number of hydrogen-bond donors (Lipinski definition) is 2. The van der Waals surface area contributed by atoms with Crippen LogP contribution in [0.15, 0.2) is 42.5 Å². The summed E-state index contributed by atoms with van der Waals surface area (Å²) < 4.78 is 0. The highest BCUT2D eigenvalue weighted by atomic mass is 35.5. The highest BCUT2D eigenvalue weighted by Crippen LogP contribution is 2.24. The summed E-state index contributed by atoms with van der Waals surface area (Å²) in [6, 6.07) is 12.6. The number of halogens is 1. The maximum absolute atomic E-state index is 12.9. The minimum Gasteiger partial charge on any atom is -0.337 e. The maximum atomic E-state index is 12.9. The molecule has 8 nitrogen and oxygen atoms in total. The highest BCUT2D eigenvalue weighted by molar-refractivity contribution is 7.15. The second-order valence-corrected chi connectivity index (χ2v) is 10.1. The molecule has 0 aliphatic carbocycles. The number of carbonyl (C=O) groups excluding carboxylic acids is 3. The van der Waals surface area contributed by atoms with Crippen molar-refractivity contribution in [1.82, 2.24) is 15.1 Å². The van der Waals surface area contributed by atoms with Crippen LogP contribution >= 0.6 is 22.9 Å². The van der Waals surface area contributed by atoms with E-state index in [0.29, 0.717) is 30.2 Å². The Morgan fingerprint density at radius 1 is 1.00 bits per heavy atom. The summed E-state index contributed by atoms with van der Waals surface area (Å²) in [5.41, 5.74) is 3.60. The molecular formula is C25H26ClN5O3S. The van der Waals surface area contributed by atoms with Crippen LogP contribution in [0.25, 0.3) is 0 Å². The molecule has 0 unspecified atom stereocenters. The molecule has 1 fully saturated rings. The fraction of sp³-hybridized carbons (Fsp3) is 0.320. The summed E-state index contributed by atoms with van der Waals surface area (Å²) in [7, 11) is 0. The third-order valence-corrected chi connectivity index (χ3v) is 7.10. The number of nitrogens with zero attached hydrogens (tertiary/aromatic N) is 3. The average Bonchev–Trinajstić information content (AvgIpc) is 3.33. The zero-order chi connectivity index (χ0) is 24.9. The van der Waals surface area contributed by atoms with Crippen LogP contribution in [0.2, 0.25) is 5.02 Å². The largest absolute Gasteiger partial charge is 0.337 e. The Balaban J connectivity index is 1.26. The number of anilines is 2. The number of likely N-dealkylation sites (tertiary alicyclic amines) is 1. The minimum atomic E-state index is -0.433. The van der Waals surface area contributed by atoms with Crippen molar-refractivity contribution in [2.45, 2.75) is 33.1 Å². The van der Waals surface area contributed by atoms with Crippen molar-refractivity contribution < 1.29 is 14.4 Å². The van der Waals surface area contributed by atoms with Gasteiger partial charge in [0.25, 0.3) is 11.8 Å². The smallest absolute Gasteiger partial charge is 0.286 e. The van der Waals surface area contributed by atoms with Crippen LogP contribution in [-0.4, -0.2) is 45.9 Å². The van der Waals surface area contributed by atoms with Crippen molar-refractivity contribution >= 4 is 52.0 Å². The van der Waals surface area contributed by atoms with Gasteiger partial charge in [-0.05, 0) is 68.5 Å². The molecule has 1 saturated heterocycles. The first-order chi connectivity index (χ1) is 16.8. The average molecular weight is 512 g/mol. The van der Waals surface area contributed by atoms with E-state index in [1.165, 1.54) is 0 Å². The number of amides is 3. The molecule has 0 saturated carbocycles. The first-order valence-electron chi connectivity index (χ1n) is 11.4. The maximum Gasteiger partial charge on any atom is 0.286 e. The van der Waals surface area contributed by atoms with Crippen LogP contribution in [0.4, 0.5) is 11.4 Å². The predicted octanol–water partition coefficient (Wildman–Crippen LogP) is 4.94. The number of aryl methyl sites for hydroxylation is 2. The van der Waals surface area contributed by atoms with Gasteiger partial charge in [0.15, 0.2) is 0 Å². The van der Waals surface area contributed by atoms with Crippen molar-refractivity contribution in [2.24, 2.45) is 5.92 Å². The second kappa shape index (κ2) is 11.0. The normalized spacial score (nSPS) is 14.0. The second-order valence-electron chi connectivity index (χ2n) is 8.68. The Kier molecular flexibility index (Phi) is 7.77. The predicted molar refractivity (Wildman–Crippen MR) is 137 cm³/mol. The van der Waals surface area contributed by atoms with Crippen molar-refractivity contribution in [3.63, 3.8) is 0 Å². The molecule has 0 spiro atoms. The van der Waals surface area contributed by atoms with E-state index in [1.807, 2.05) is 32.0 Å². The zero-order valence-corrected chi connectivity index (χ0v) is 21.1. The van der Waals surface area contributed by atoms with Crippen molar-refractivity contribution in [2.75, 3.05) is 23.7 Å². The van der Waals surface area contributed by atoms with Crippen LogP contribution in [0.1, 0.15) is 50.0 Å². The van der Waals surface area contributed by atoms with Crippen LogP contribution < -0.4 is 10.6 Å². The summed E-state index contributed by atoms with van der Waals surface area (Å²) in [6.45, 7) is 5.07. The van der Waals surface area contributed by atoms with Gasteiger partial charge >= 0.3 is 0 Å². The highest BCUT2D eigenvalue weighted by Gasteiger charge is 2.28. The van der Waals surface area contributed by atoms with Crippen LogP contribution in [0, 0.1) is 19.8 Å². The van der Waals surface area contributed by atoms with Gasteiger partial charge in [0.05, 0.1) is 0 Å². The van der Waals surface area contributed by atoms with E-state index < -0.39 is 5.91 Å². The van der Waals surface area contributed by atoms with E-state index in [9.17, 15) is 14.4 Å². The molecule has 182 valence electrons. The first kappa shape index (κ1) is 24.8. The molecule has 3 amide bonds. The van der Waals surface area contributed by atoms with Gasteiger partial charge in [0.1, 0.15) is 0 Å². The SMILES string of the molecule is Cc1ccc(NC(=O)CC2CCN(C(=O)c3nnc(C(=O)Nc4ccc(Cl)cc4)s3)CC2)c(C)c1. The Bertz CT molecular complexity index is 1240. The molecule has 2 aromatic carbocycles. The number of nitrogens with one attached hydrogen (secondary N) is 2. The summed E-state index contributed by atoms with van der Waals surface area (Å²) in [6.07, 6.45) is 1.88. The van der Waals surface area contributed by atoms with Crippen molar-refractivity contribution in [1.29, 1.82) is 0 Å². The van der Waals surface area contributed by atoms with E-state index >= 15 is 0 Å². The molecule has 3 aromatic rings. The summed E-state index contributed by atoms with van der Waals surface area (Å²) in [4.78, 5) is 39.5. The number of rotatable bonds is 6. The Morgan fingerprint density at radius 2 is 1.69 bits per heavy atom. The molecule has 2 N–H and O–H groups in total. The van der Waals surface area contributed by atoms with Crippen molar-refractivity contribution in [3.8, 4) is 0 Å². The van der Waals surface area contributed by atoms with Gasteiger partial charge in [0.2, 0.25) is 15.9 Å². The van der Waals surface area contributed by atoms with Crippen LogP contribution in [-0.2, 0) is 4.79 Å². The lowest BCUT2D eigenvalue weighted by Gasteiger charge is -2.31. The molecular weight excluding hydrogens is 486 g/mol. The molecule has 1 aliphatic rings. The fourth-order valence-corrected chi connectivity index (χ4v) is 4.84. The van der Waals surface area contributed by atoms with Gasteiger partial charge in [-0.15, -0.1) is 10.2 Å². The number of benzene rings is 2. The number of piperidine rings is 1. The number of hydrogen-bond acceptors (Lipinski definition) is 6. The number of aromatic nitrogens is 2. The van der Waals surface area contributed by atoms with Gasteiger partial charge < -0.3 is 15.5 Å². The standard InChI is InChI=1S/C25H26ClN5O3S/c1-15-3-8-20(16(2)13-15)28-21(32)14-17-9-11-31(12-10-17)25(34)24-30-29-23(35-24)22(33)27-19-6-4-18(26)5-7-19/h3-8,13,17H,9-12,14H2,1-2H3,(H,27,33)(H,28,32). The fourth-order valence-electron chi connectivity index (χ4n) is 4.01. The first-order valence-corrected chi connectivity index (χ1v) is 12.5. The monoisotopic (exact) mass is 511 g/mol. The summed E-state index contributed by atoms with van der Waals surface area (Å²) in [5, 5.41) is 14.4. The lowest BCUT2D eigenvalue weighted by atomic mass is 9.93. The van der Waals surface area contributed by atoms with E-state index in [-0.39, 0.29) is 27.7 Å². The Hall–Kier alpha value is -3.30. The van der Waals surface area contributed by atoms with Crippen LogP contribution in [0.5, 0.6) is 0 Å². The zero-order valence-electron chi connectivity index (χ0n) is 19.5. The Labute approximate surface area is 212 Å². The summed E-state index contributed by atoms with van der Waals surface area (Å²) in [5.74, 6) is -0.481. The van der Waals surface area contributed by atoms with Gasteiger partial charge in [0, 0.05) is 35.9 Å². The molecule has 1 aliphatic heterocycles. The lowest BCUT2D eigenvalue weighted by Crippen LogP contribution is -2.39. The van der Waals surface area contributed by atoms with E-state index in [1.54, 1.807) is 29.2 Å². The summed E-state index contributed by atoms with van der Waals surface area (Å²) >= 11 is 6.82. The van der Waals surface area contributed by atoms with E-state index in [4.69, 9.17) is 11.6 Å². The topological polar surface area (TPSA) is 104 Å². The minimum absolute atomic E-state index is 0.0119. The van der Waals surface area contributed by atoms with E-state index in [0.717, 1.165) is 41.0 Å². The van der Waals surface area contributed by atoms with Gasteiger partial charge in [-0.1, -0.05) is 40.6 Å². The molecule has 2 heterocycles. The molecule has 35 heavy (non-hydrogen) atoms. The van der Waals surface area contributed by atoms with Gasteiger partial charge in [-0.25, -0.2) is 0 Å². The Morgan fingerprint density at radius 3 is 2.37 bits per heavy atom. The molecule has 4 rings (SSSR count). The third-order valence-electron chi connectivity index (χ3n) is 5.94. The molecule has 0 radical (unpaired) electrons. The quantitative estimate of drug-likeness (QED) is 0.487. The molecule has 10 heteroatoms. The van der Waals surface area contributed by atoms with Gasteiger partial charge in [-0.3, -0.25) is 14.4 Å². The lowest BCUT2D eigenvalue weighted by molar-refractivity contribution is -0.117.